The number of benzene rings is 1. The highest BCUT2D eigenvalue weighted by Crippen LogP contribution is 2.19. The number of ether oxygens (including phenoxy) is 2. The molecule has 0 spiro atoms. The zero-order valence-corrected chi connectivity index (χ0v) is 9.15. The summed E-state index contributed by atoms with van der Waals surface area (Å²) in [7, 11) is 0. The number of esters is 1. The Morgan fingerprint density at radius 3 is 2.59 bits per heavy atom. The first-order valence-electron chi connectivity index (χ1n) is 5.37. The van der Waals surface area contributed by atoms with Crippen LogP contribution in [0.25, 0.3) is 0 Å². The van der Waals surface area contributed by atoms with Crippen LogP contribution >= 0.6 is 0 Å². The minimum atomic E-state index is -1.11. The molecular weight excluding hydrogens is 224 g/mol. The van der Waals surface area contributed by atoms with Gasteiger partial charge in [-0.25, -0.2) is 4.79 Å². The third kappa shape index (κ3) is 2.63. The lowest BCUT2D eigenvalue weighted by atomic mass is 10.1. The molecule has 92 valence electrons. The van der Waals surface area contributed by atoms with Crippen LogP contribution in [0.4, 0.5) is 0 Å². The number of hydrogen-bond acceptors (Lipinski definition) is 5. The Labute approximate surface area is 98.6 Å². The Morgan fingerprint density at radius 1 is 1.29 bits per heavy atom. The van der Waals surface area contributed by atoms with Gasteiger partial charge in [-0.3, -0.25) is 0 Å². The van der Waals surface area contributed by atoms with Crippen LogP contribution in [0.1, 0.15) is 5.56 Å². The average molecular weight is 238 g/mol. The fraction of sp³-hybridized carbons (Fsp3) is 0.417. The summed E-state index contributed by atoms with van der Waals surface area (Å²) in [6, 6.07) is 9.31. The summed E-state index contributed by atoms with van der Waals surface area (Å²) in [6.07, 6.45) is -3.02. The highest BCUT2D eigenvalue weighted by atomic mass is 16.6. The van der Waals surface area contributed by atoms with Crippen molar-refractivity contribution >= 4 is 5.97 Å². The molecule has 1 heterocycles. The molecule has 1 aromatic carbocycles. The lowest BCUT2D eigenvalue weighted by Gasteiger charge is -2.13. The molecule has 1 fully saturated rings. The van der Waals surface area contributed by atoms with Crippen molar-refractivity contribution in [2.45, 2.75) is 24.9 Å². The lowest BCUT2D eigenvalue weighted by molar-refractivity contribution is -0.151. The fourth-order valence-electron chi connectivity index (χ4n) is 1.69. The van der Waals surface area contributed by atoms with Gasteiger partial charge in [-0.2, -0.15) is 0 Å². The van der Waals surface area contributed by atoms with Crippen molar-refractivity contribution in [1.29, 1.82) is 0 Å². The number of aliphatic hydroxyl groups is 2. The summed E-state index contributed by atoms with van der Waals surface area (Å²) in [5.41, 5.74) is 0.903. The molecule has 5 heteroatoms. The van der Waals surface area contributed by atoms with E-state index in [0.29, 0.717) is 0 Å². The van der Waals surface area contributed by atoms with E-state index < -0.39 is 30.9 Å². The molecule has 2 rings (SSSR count). The van der Waals surface area contributed by atoms with Crippen molar-refractivity contribution < 1.29 is 24.5 Å². The molecule has 1 saturated heterocycles. The van der Waals surface area contributed by atoms with Gasteiger partial charge in [-0.15, -0.1) is 0 Å². The maximum Gasteiger partial charge on any atom is 0.338 e. The summed E-state index contributed by atoms with van der Waals surface area (Å²) in [5, 5.41) is 18.5. The zero-order valence-electron chi connectivity index (χ0n) is 9.15. The minimum absolute atomic E-state index is 0.218. The van der Waals surface area contributed by atoms with Crippen molar-refractivity contribution in [2.75, 3.05) is 6.61 Å². The van der Waals surface area contributed by atoms with E-state index >= 15 is 0 Å². The van der Waals surface area contributed by atoms with Gasteiger partial charge in [0.05, 0.1) is 13.2 Å². The number of cyclic esters (lactones) is 1. The van der Waals surface area contributed by atoms with Crippen LogP contribution in [0, 0.1) is 0 Å². The van der Waals surface area contributed by atoms with E-state index in [-0.39, 0.29) is 6.61 Å². The number of rotatable bonds is 4. The maximum atomic E-state index is 11.4. The monoisotopic (exact) mass is 238 g/mol. The van der Waals surface area contributed by atoms with Crippen LogP contribution in [0.2, 0.25) is 0 Å². The van der Waals surface area contributed by atoms with Gasteiger partial charge in [-0.1, -0.05) is 30.3 Å². The molecule has 1 aliphatic rings. The minimum Gasteiger partial charge on any atom is -0.455 e. The first-order valence-corrected chi connectivity index (χ1v) is 5.37. The highest BCUT2D eigenvalue weighted by molar-refractivity contribution is 5.78. The standard InChI is InChI=1S/C12H14O5/c13-6-9-10(14)11(12(15)17-9)16-7-8-4-2-1-3-5-8/h1-5,9-11,13-14H,6-7H2/t9-,10+,11+/m0/s1. The predicted octanol–water partition coefficient (Wildman–Crippen LogP) is -0.150. The summed E-state index contributed by atoms with van der Waals surface area (Å²) in [5.74, 6) is -0.632. The zero-order chi connectivity index (χ0) is 12.3. The van der Waals surface area contributed by atoms with Crippen molar-refractivity contribution in [3.63, 3.8) is 0 Å². The second-order valence-electron chi connectivity index (χ2n) is 3.87. The van der Waals surface area contributed by atoms with E-state index in [1.54, 1.807) is 0 Å². The second kappa shape index (κ2) is 5.27. The first-order chi connectivity index (χ1) is 8.22. The van der Waals surface area contributed by atoms with Crippen molar-refractivity contribution in [2.24, 2.45) is 0 Å². The van der Waals surface area contributed by atoms with Crippen LogP contribution in [0.5, 0.6) is 0 Å². The van der Waals surface area contributed by atoms with Crippen LogP contribution in [0.3, 0.4) is 0 Å². The topological polar surface area (TPSA) is 76.0 Å². The Balaban J connectivity index is 1.93. The van der Waals surface area contributed by atoms with E-state index in [0.717, 1.165) is 5.56 Å². The Hall–Kier alpha value is -1.43. The van der Waals surface area contributed by atoms with Gasteiger partial charge in [0.1, 0.15) is 6.10 Å². The van der Waals surface area contributed by atoms with Gasteiger partial charge < -0.3 is 19.7 Å². The second-order valence-corrected chi connectivity index (χ2v) is 3.87. The summed E-state index contributed by atoms with van der Waals surface area (Å²) in [6.45, 7) is -0.187. The normalized spacial score (nSPS) is 28.1. The SMILES string of the molecule is O=C1O[C@@H](CO)[C@@H](O)[C@H]1OCc1ccccc1. The van der Waals surface area contributed by atoms with Crippen LogP contribution in [-0.4, -0.2) is 41.1 Å². The quantitative estimate of drug-likeness (QED) is 0.713. The van der Waals surface area contributed by atoms with Gasteiger partial charge in [0, 0.05) is 0 Å². The molecular formula is C12H14O5. The van der Waals surface area contributed by atoms with Crippen LogP contribution in [-0.2, 0) is 20.9 Å². The van der Waals surface area contributed by atoms with Gasteiger partial charge in [0.2, 0.25) is 0 Å². The Kier molecular flexibility index (Phi) is 3.73. The maximum absolute atomic E-state index is 11.4. The predicted molar refractivity (Wildman–Crippen MR) is 58.0 cm³/mol. The van der Waals surface area contributed by atoms with Crippen LogP contribution in [0.15, 0.2) is 30.3 Å². The van der Waals surface area contributed by atoms with Crippen molar-refractivity contribution in [3.05, 3.63) is 35.9 Å². The molecule has 0 amide bonds. The molecule has 0 bridgehead atoms. The van der Waals surface area contributed by atoms with E-state index in [2.05, 4.69) is 0 Å². The number of aliphatic hydroxyl groups excluding tert-OH is 2. The molecule has 1 aliphatic heterocycles. The van der Waals surface area contributed by atoms with Crippen molar-refractivity contribution in [3.8, 4) is 0 Å². The third-order valence-corrected chi connectivity index (χ3v) is 2.64. The van der Waals surface area contributed by atoms with Crippen molar-refractivity contribution in [1.82, 2.24) is 0 Å². The molecule has 1 aromatic rings. The van der Waals surface area contributed by atoms with Crippen LogP contribution < -0.4 is 0 Å². The number of hydrogen-bond donors (Lipinski definition) is 2. The number of carbonyl (C=O) groups is 1. The Bertz CT molecular complexity index is 378. The Morgan fingerprint density at radius 2 is 2.00 bits per heavy atom. The summed E-state index contributed by atoms with van der Waals surface area (Å²) in [4.78, 5) is 11.4. The molecule has 17 heavy (non-hydrogen) atoms. The molecule has 0 unspecified atom stereocenters. The van der Waals surface area contributed by atoms with Gasteiger partial charge in [-0.05, 0) is 5.56 Å². The van der Waals surface area contributed by atoms with E-state index in [1.807, 2.05) is 30.3 Å². The van der Waals surface area contributed by atoms with Gasteiger partial charge in [0.25, 0.3) is 0 Å². The number of carbonyl (C=O) groups excluding carboxylic acids is 1. The van der Waals surface area contributed by atoms with E-state index in [9.17, 15) is 9.90 Å². The van der Waals surface area contributed by atoms with Gasteiger partial charge in [0.15, 0.2) is 12.2 Å². The average Bonchev–Trinajstić information content (AvgIpc) is 2.63. The molecule has 0 aliphatic carbocycles. The third-order valence-electron chi connectivity index (χ3n) is 2.64. The van der Waals surface area contributed by atoms with Gasteiger partial charge >= 0.3 is 5.97 Å². The molecule has 0 aromatic heterocycles. The van der Waals surface area contributed by atoms with E-state index in [1.165, 1.54) is 0 Å². The summed E-state index contributed by atoms with van der Waals surface area (Å²) < 4.78 is 10.1. The van der Waals surface area contributed by atoms with E-state index in [4.69, 9.17) is 14.6 Å². The smallest absolute Gasteiger partial charge is 0.338 e. The molecule has 0 radical (unpaired) electrons. The fourth-order valence-corrected chi connectivity index (χ4v) is 1.69. The molecule has 3 atom stereocenters. The summed E-state index contributed by atoms with van der Waals surface area (Å²) >= 11 is 0. The molecule has 0 saturated carbocycles. The lowest BCUT2D eigenvalue weighted by Crippen LogP contribution is -2.34. The largest absolute Gasteiger partial charge is 0.455 e. The highest BCUT2D eigenvalue weighted by Gasteiger charge is 2.44. The first kappa shape index (κ1) is 12.0. The molecule has 5 nitrogen and oxygen atoms in total. The molecule has 2 N–H and O–H groups in total.